The summed E-state index contributed by atoms with van der Waals surface area (Å²) in [5.74, 6) is 0.233. The fourth-order valence-electron chi connectivity index (χ4n) is 4.60. The number of ether oxygens (including phenoxy) is 2. The maximum absolute atomic E-state index is 13.3. The number of carbonyl (C=O) groups excluding carboxylic acids is 2. The number of alkyl carbamates (subject to hydrolysis) is 1. The van der Waals surface area contributed by atoms with Crippen LogP contribution in [0.25, 0.3) is 5.57 Å². The first kappa shape index (κ1) is 22.6. The fourth-order valence-corrected chi connectivity index (χ4v) is 4.87. The van der Waals surface area contributed by atoms with E-state index < -0.39 is 11.6 Å². The van der Waals surface area contributed by atoms with Gasteiger partial charge in [0.1, 0.15) is 5.76 Å². The zero-order valence-corrected chi connectivity index (χ0v) is 18.9. The van der Waals surface area contributed by atoms with Crippen LogP contribution in [0.5, 0.6) is 0 Å². The monoisotopic (exact) mass is 434 g/mol. The highest BCUT2D eigenvalue weighted by molar-refractivity contribution is 6.31. The van der Waals surface area contributed by atoms with Gasteiger partial charge in [0.25, 0.3) is 5.91 Å². The van der Waals surface area contributed by atoms with E-state index in [9.17, 15) is 9.59 Å². The molecular formula is C23H31ClN2O4. The number of aryl methyl sites for hydroxylation is 2. The number of halogens is 1. The van der Waals surface area contributed by atoms with Gasteiger partial charge >= 0.3 is 6.09 Å². The van der Waals surface area contributed by atoms with Gasteiger partial charge in [-0.15, -0.1) is 0 Å². The van der Waals surface area contributed by atoms with Crippen LogP contribution in [0.2, 0.25) is 5.02 Å². The van der Waals surface area contributed by atoms with Crippen molar-refractivity contribution in [2.24, 2.45) is 0 Å². The van der Waals surface area contributed by atoms with Crippen molar-refractivity contribution in [3.05, 3.63) is 39.6 Å². The molecule has 2 aliphatic rings. The molecule has 1 heterocycles. The van der Waals surface area contributed by atoms with Gasteiger partial charge in [-0.25, -0.2) is 4.79 Å². The molecule has 1 aliphatic carbocycles. The Balaban J connectivity index is 2.18. The molecule has 0 unspecified atom stereocenters. The van der Waals surface area contributed by atoms with Crippen LogP contribution >= 0.6 is 11.6 Å². The molecule has 1 spiro atoms. The minimum Gasteiger partial charge on any atom is -0.411 e. The lowest BCUT2D eigenvalue weighted by Crippen LogP contribution is -2.49. The normalized spacial score (nSPS) is 23.6. The third-order valence-corrected chi connectivity index (χ3v) is 6.37. The molecule has 0 radical (unpaired) electrons. The van der Waals surface area contributed by atoms with Crippen LogP contribution in [-0.4, -0.2) is 37.3 Å². The zero-order valence-electron chi connectivity index (χ0n) is 18.2. The summed E-state index contributed by atoms with van der Waals surface area (Å²) in [7, 11) is 1.71. The molecule has 2 N–H and O–H groups in total. The third kappa shape index (κ3) is 4.21. The second-order valence-electron chi connectivity index (χ2n) is 7.90. The van der Waals surface area contributed by atoms with E-state index >= 15 is 0 Å². The number of rotatable bonds is 6. The van der Waals surface area contributed by atoms with Gasteiger partial charge in [-0.05, 0) is 74.3 Å². The molecule has 1 aliphatic heterocycles. The number of amides is 2. The van der Waals surface area contributed by atoms with Crippen molar-refractivity contribution in [3.8, 4) is 0 Å². The lowest BCUT2D eigenvalue weighted by atomic mass is 9.78. The molecule has 3 rings (SSSR count). The lowest BCUT2D eigenvalue weighted by molar-refractivity contribution is -0.116. The van der Waals surface area contributed by atoms with Crippen molar-refractivity contribution in [1.82, 2.24) is 10.6 Å². The van der Waals surface area contributed by atoms with E-state index in [4.69, 9.17) is 21.1 Å². The van der Waals surface area contributed by atoms with E-state index in [-0.39, 0.29) is 12.0 Å². The largest absolute Gasteiger partial charge is 0.412 e. The van der Waals surface area contributed by atoms with Gasteiger partial charge in [0.2, 0.25) is 0 Å². The SMILES string of the molecule is CCNC(=O)OC1=C(c2c(CC)cc(Cl)cc2CC)C(=O)NC12CCC(OC)CC2. The Labute approximate surface area is 183 Å². The van der Waals surface area contributed by atoms with Crippen molar-refractivity contribution < 1.29 is 19.1 Å². The number of nitrogens with one attached hydrogen (secondary N) is 2. The van der Waals surface area contributed by atoms with Gasteiger partial charge in [0.05, 0.1) is 17.2 Å². The average Bonchev–Trinajstić information content (AvgIpc) is 2.98. The number of hydrogen-bond acceptors (Lipinski definition) is 4. The smallest absolute Gasteiger partial charge is 0.411 e. The summed E-state index contributed by atoms with van der Waals surface area (Å²) in [4.78, 5) is 25.8. The summed E-state index contributed by atoms with van der Waals surface area (Å²) in [6, 6.07) is 3.79. The standard InChI is InChI=1S/C23H31ClN2O4/c1-5-14-12-16(24)13-15(6-2)18(14)19-20(30-22(28)25-7-3)23(26-21(19)27)10-8-17(29-4)9-11-23/h12-13,17H,5-11H2,1-4H3,(H,25,28)(H,26,27). The van der Waals surface area contributed by atoms with Crippen LogP contribution in [0.15, 0.2) is 17.9 Å². The molecule has 1 saturated carbocycles. The molecule has 1 aromatic carbocycles. The van der Waals surface area contributed by atoms with E-state index in [1.54, 1.807) is 7.11 Å². The molecule has 0 aromatic heterocycles. The minimum absolute atomic E-state index is 0.148. The summed E-state index contributed by atoms with van der Waals surface area (Å²) in [5.41, 5.74) is 2.56. The Morgan fingerprint density at radius 2 is 1.80 bits per heavy atom. The third-order valence-electron chi connectivity index (χ3n) is 6.16. The molecule has 1 fully saturated rings. The Morgan fingerprint density at radius 3 is 2.30 bits per heavy atom. The summed E-state index contributed by atoms with van der Waals surface area (Å²) < 4.78 is 11.4. The second kappa shape index (κ2) is 9.40. The van der Waals surface area contributed by atoms with Gasteiger partial charge in [-0.1, -0.05) is 25.4 Å². The predicted octanol–water partition coefficient (Wildman–Crippen LogP) is 4.38. The highest BCUT2D eigenvalue weighted by Crippen LogP contribution is 2.45. The molecule has 30 heavy (non-hydrogen) atoms. The topological polar surface area (TPSA) is 76.7 Å². The zero-order chi connectivity index (χ0) is 21.9. The maximum Gasteiger partial charge on any atom is 0.412 e. The van der Waals surface area contributed by atoms with Crippen LogP contribution in [0.1, 0.15) is 63.1 Å². The summed E-state index contributed by atoms with van der Waals surface area (Å²) in [6.45, 7) is 6.35. The number of benzene rings is 1. The molecule has 6 nitrogen and oxygen atoms in total. The Hall–Kier alpha value is -2.05. The fraction of sp³-hybridized carbons (Fsp3) is 0.565. The Kier molecular flexibility index (Phi) is 7.09. The Morgan fingerprint density at radius 1 is 1.20 bits per heavy atom. The molecule has 0 bridgehead atoms. The van der Waals surface area contributed by atoms with E-state index in [0.717, 1.165) is 29.5 Å². The summed E-state index contributed by atoms with van der Waals surface area (Å²) in [6.07, 6.45) is 3.93. The molecular weight excluding hydrogens is 404 g/mol. The van der Waals surface area contributed by atoms with E-state index in [1.807, 2.05) is 32.9 Å². The number of hydrogen-bond donors (Lipinski definition) is 2. The van der Waals surface area contributed by atoms with Gasteiger partial charge < -0.3 is 20.1 Å². The molecule has 164 valence electrons. The lowest BCUT2D eigenvalue weighted by Gasteiger charge is -2.37. The minimum atomic E-state index is -0.692. The van der Waals surface area contributed by atoms with Crippen molar-refractivity contribution in [1.29, 1.82) is 0 Å². The summed E-state index contributed by atoms with van der Waals surface area (Å²) in [5, 5.41) is 6.50. The van der Waals surface area contributed by atoms with Crippen LogP contribution in [0.4, 0.5) is 4.79 Å². The van der Waals surface area contributed by atoms with Gasteiger partial charge in [-0.2, -0.15) is 0 Å². The first-order valence-electron chi connectivity index (χ1n) is 10.8. The number of methoxy groups -OCH3 is 1. The number of carbonyl (C=O) groups is 2. The molecule has 7 heteroatoms. The van der Waals surface area contributed by atoms with Gasteiger partial charge in [0.15, 0.2) is 0 Å². The molecule has 2 amide bonds. The van der Waals surface area contributed by atoms with Crippen molar-refractivity contribution in [2.45, 2.75) is 70.9 Å². The molecule has 0 atom stereocenters. The van der Waals surface area contributed by atoms with Crippen LogP contribution in [-0.2, 0) is 27.1 Å². The van der Waals surface area contributed by atoms with Crippen molar-refractivity contribution in [2.75, 3.05) is 13.7 Å². The van der Waals surface area contributed by atoms with E-state index in [0.29, 0.717) is 48.6 Å². The van der Waals surface area contributed by atoms with Crippen LogP contribution in [0.3, 0.4) is 0 Å². The van der Waals surface area contributed by atoms with E-state index in [2.05, 4.69) is 10.6 Å². The van der Waals surface area contributed by atoms with Crippen LogP contribution in [0, 0.1) is 0 Å². The average molecular weight is 435 g/mol. The van der Waals surface area contributed by atoms with Crippen LogP contribution < -0.4 is 10.6 Å². The van der Waals surface area contributed by atoms with E-state index in [1.165, 1.54) is 0 Å². The molecule has 1 aromatic rings. The first-order valence-corrected chi connectivity index (χ1v) is 11.1. The highest BCUT2D eigenvalue weighted by atomic mass is 35.5. The second-order valence-corrected chi connectivity index (χ2v) is 8.34. The van der Waals surface area contributed by atoms with Crippen molar-refractivity contribution in [3.63, 3.8) is 0 Å². The Bertz CT molecular complexity index is 832. The van der Waals surface area contributed by atoms with Crippen molar-refractivity contribution >= 4 is 29.2 Å². The molecule has 0 saturated heterocycles. The van der Waals surface area contributed by atoms with Gasteiger partial charge in [-0.3, -0.25) is 4.79 Å². The quantitative estimate of drug-likeness (QED) is 0.696. The van der Waals surface area contributed by atoms with Gasteiger partial charge in [0, 0.05) is 18.7 Å². The first-order chi connectivity index (χ1) is 14.4. The maximum atomic E-state index is 13.3. The summed E-state index contributed by atoms with van der Waals surface area (Å²) >= 11 is 6.33. The highest BCUT2D eigenvalue weighted by Gasteiger charge is 2.50. The predicted molar refractivity (Wildman–Crippen MR) is 117 cm³/mol.